The van der Waals surface area contributed by atoms with Gasteiger partial charge in [0.25, 0.3) is 11.5 Å². The summed E-state index contributed by atoms with van der Waals surface area (Å²) in [6.07, 6.45) is 4.94. The molecule has 7 nitrogen and oxygen atoms in total. The summed E-state index contributed by atoms with van der Waals surface area (Å²) < 4.78 is 0. The summed E-state index contributed by atoms with van der Waals surface area (Å²) in [5.41, 5.74) is 0.831. The Morgan fingerprint density at radius 1 is 1.27 bits per heavy atom. The molecule has 0 radical (unpaired) electrons. The Bertz CT molecular complexity index is 1080. The number of hydrogen-bond acceptors (Lipinski definition) is 6. The number of nitrogens with zero attached hydrogens (tertiary/aromatic N) is 4. The highest BCUT2D eigenvalue weighted by Crippen LogP contribution is 2.28. The van der Waals surface area contributed by atoms with Crippen molar-refractivity contribution in [1.82, 2.24) is 24.8 Å². The molecule has 3 aromatic heterocycles. The minimum absolute atomic E-state index is 0.00919. The molecular weight excluding hydrogens is 398 g/mol. The van der Waals surface area contributed by atoms with Crippen LogP contribution in [0.25, 0.3) is 10.6 Å². The van der Waals surface area contributed by atoms with Crippen LogP contribution in [0, 0.1) is 0 Å². The van der Waals surface area contributed by atoms with Crippen LogP contribution in [-0.2, 0) is 5.41 Å². The van der Waals surface area contributed by atoms with E-state index in [0.717, 1.165) is 17.7 Å². The first-order chi connectivity index (χ1) is 14.3. The van der Waals surface area contributed by atoms with Crippen LogP contribution >= 0.6 is 11.3 Å². The molecule has 1 saturated heterocycles. The van der Waals surface area contributed by atoms with Gasteiger partial charge in [-0.15, -0.1) is 11.3 Å². The molecule has 0 bridgehead atoms. The number of nitrogens with one attached hydrogen (secondary N) is 1. The second kappa shape index (κ2) is 8.10. The third-order valence-corrected chi connectivity index (χ3v) is 6.09. The van der Waals surface area contributed by atoms with Crippen molar-refractivity contribution in [3.8, 4) is 10.6 Å². The summed E-state index contributed by atoms with van der Waals surface area (Å²) in [5.74, 6) is 1.26. The van der Waals surface area contributed by atoms with E-state index in [4.69, 9.17) is 4.98 Å². The highest BCUT2D eigenvalue weighted by Gasteiger charge is 2.28. The average molecular weight is 424 g/mol. The highest BCUT2D eigenvalue weighted by molar-refractivity contribution is 7.13. The van der Waals surface area contributed by atoms with E-state index in [0.29, 0.717) is 36.0 Å². The van der Waals surface area contributed by atoms with Gasteiger partial charge in [-0.3, -0.25) is 9.59 Å². The number of amides is 1. The summed E-state index contributed by atoms with van der Waals surface area (Å²) in [6.45, 7) is 7.30. The number of thiophene rings is 1. The van der Waals surface area contributed by atoms with Crippen molar-refractivity contribution < 1.29 is 4.79 Å². The Hall–Kier alpha value is -2.87. The van der Waals surface area contributed by atoms with Crippen molar-refractivity contribution in [2.45, 2.75) is 44.9 Å². The molecule has 0 saturated carbocycles. The molecule has 1 N–H and O–H groups in total. The Balaban J connectivity index is 1.54. The molecule has 1 aliphatic rings. The van der Waals surface area contributed by atoms with Gasteiger partial charge < -0.3 is 9.88 Å². The fourth-order valence-corrected chi connectivity index (χ4v) is 4.30. The lowest BCUT2D eigenvalue weighted by molar-refractivity contribution is 0.0703. The average Bonchev–Trinajstić information content (AvgIpc) is 3.27. The minimum Gasteiger partial charge on any atom is -0.338 e. The summed E-state index contributed by atoms with van der Waals surface area (Å²) in [6, 6.07) is 5.42. The van der Waals surface area contributed by atoms with Crippen molar-refractivity contribution in [3.05, 3.63) is 63.5 Å². The molecular formula is C22H25N5O2S. The normalized spacial score (nSPS) is 17.2. The van der Waals surface area contributed by atoms with Crippen LogP contribution in [0.4, 0.5) is 0 Å². The first-order valence-electron chi connectivity index (χ1n) is 10.1. The zero-order valence-corrected chi connectivity index (χ0v) is 18.2. The molecule has 1 amide bonds. The van der Waals surface area contributed by atoms with E-state index in [2.05, 4.69) is 15.0 Å². The number of piperidine rings is 1. The topological polar surface area (TPSA) is 91.8 Å². The Kier molecular flexibility index (Phi) is 5.51. The Morgan fingerprint density at radius 2 is 2.03 bits per heavy atom. The van der Waals surface area contributed by atoms with E-state index in [9.17, 15) is 9.59 Å². The van der Waals surface area contributed by atoms with Crippen LogP contribution in [0.5, 0.6) is 0 Å². The van der Waals surface area contributed by atoms with Crippen LogP contribution in [0.1, 0.15) is 61.5 Å². The second-order valence-electron chi connectivity index (χ2n) is 8.63. The molecule has 30 heavy (non-hydrogen) atoms. The molecule has 4 rings (SSSR count). The van der Waals surface area contributed by atoms with E-state index in [1.165, 1.54) is 6.07 Å². The van der Waals surface area contributed by atoms with Crippen LogP contribution in [-0.4, -0.2) is 43.8 Å². The van der Waals surface area contributed by atoms with Gasteiger partial charge in [0.2, 0.25) is 0 Å². The maximum Gasteiger partial charge on any atom is 0.257 e. The Morgan fingerprint density at radius 3 is 2.70 bits per heavy atom. The van der Waals surface area contributed by atoms with Crippen molar-refractivity contribution in [2.75, 3.05) is 13.1 Å². The molecule has 4 heterocycles. The van der Waals surface area contributed by atoms with Gasteiger partial charge in [-0.05, 0) is 24.3 Å². The second-order valence-corrected chi connectivity index (χ2v) is 9.58. The molecule has 0 aliphatic carbocycles. The molecule has 3 aromatic rings. The quantitative estimate of drug-likeness (QED) is 0.695. The summed E-state index contributed by atoms with van der Waals surface area (Å²) in [7, 11) is 0. The van der Waals surface area contributed by atoms with Crippen LogP contribution in [0.2, 0.25) is 0 Å². The number of aromatic nitrogens is 4. The van der Waals surface area contributed by atoms with E-state index < -0.39 is 0 Å². The van der Waals surface area contributed by atoms with Gasteiger partial charge in [0, 0.05) is 42.9 Å². The number of carbonyl (C=O) groups is 1. The van der Waals surface area contributed by atoms with Crippen molar-refractivity contribution in [1.29, 1.82) is 0 Å². The van der Waals surface area contributed by atoms with Gasteiger partial charge in [-0.25, -0.2) is 15.0 Å². The van der Waals surface area contributed by atoms with Crippen molar-refractivity contribution in [3.63, 3.8) is 0 Å². The van der Waals surface area contributed by atoms with Crippen LogP contribution in [0.3, 0.4) is 0 Å². The fourth-order valence-electron chi connectivity index (χ4n) is 3.61. The van der Waals surface area contributed by atoms with Gasteiger partial charge in [0.05, 0.1) is 16.1 Å². The van der Waals surface area contributed by atoms with E-state index >= 15 is 0 Å². The number of rotatable bonds is 3. The lowest BCUT2D eigenvalue weighted by Crippen LogP contribution is -2.40. The summed E-state index contributed by atoms with van der Waals surface area (Å²) in [4.78, 5) is 44.3. The van der Waals surface area contributed by atoms with Gasteiger partial charge in [-0.2, -0.15) is 0 Å². The van der Waals surface area contributed by atoms with E-state index in [-0.39, 0.29) is 22.8 Å². The third-order valence-electron chi connectivity index (χ3n) is 5.20. The monoisotopic (exact) mass is 423 g/mol. The minimum atomic E-state index is -0.169. The fraction of sp³-hybridized carbons (Fsp3) is 0.409. The maximum absolute atomic E-state index is 13.0. The third kappa shape index (κ3) is 4.33. The summed E-state index contributed by atoms with van der Waals surface area (Å²) in [5, 5.41) is 1.96. The van der Waals surface area contributed by atoms with E-state index in [1.54, 1.807) is 28.6 Å². The zero-order valence-electron chi connectivity index (χ0n) is 17.4. The number of likely N-dealkylation sites (tertiary alicyclic amines) is 1. The number of aromatic amines is 1. The molecule has 1 fully saturated rings. The standard InChI is InChI=1S/C22H25N5O2S/c1-22(2,3)21-23-11-15(12-24-21)20(29)27-8-4-6-14(13-27)19-25-16(10-18(28)26-19)17-7-5-9-30-17/h5,7,9-12,14H,4,6,8,13H2,1-3H3,(H,25,26,28)/t14-/m1/s1. The largest absolute Gasteiger partial charge is 0.338 e. The van der Waals surface area contributed by atoms with Gasteiger partial charge in [0.15, 0.2) is 0 Å². The summed E-state index contributed by atoms with van der Waals surface area (Å²) >= 11 is 1.55. The lowest BCUT2D eigenvalue weighted by Gasteiger charge is -2.32. The zero-order chi connectivity index (χ0) is 21.3. The Labute approximate surface area is 179 Å². The van der Waals surface area contributed by atoms with Gasteiger partial charge in [0.1, 0.15) is 11.6 Å². The predicted molar refractivity (Wildman–Crippen MR) is 117 cm³/mol. The highest BCUT2D eigenvalue weighted by atomic mass is 32.1. The van der Waals surface area contributed by atoms with Crippen LogP contribution < -0.4 is 5.56 Å². The lowest BCUT2D eigenvalue weighted by atomic mass is 9.95. The number of hydrogen-bond donors (Lipinski definition) is 1. The first-order valence-corrected chi connectivity index (χ1v) is 11.0. The van der Waals surface area contributed by atoms with Crippen molar-refractivity contribution in [2.24, 2.45) is 0 Å². The van der Waals surface area contributed by atoms with E-state index in [1.807, 2.05) is 38.3 Å². The molecule has 0 unspecified atom stereocenters. The molecule has 0 spiro atoms. The predicted octanol–water partition coefficient (Wildman–Crippen LogP) is 3.61. The van der Waals surface area contributed by atoms with Gasteiger partial charge in [-0.1, -0.05) is 26.8 Å². The van der Waals surface area contributed by atoms with Crippen molar-refractivity contribution >= 4 is 17.2 Å². The van der Waals surface area contributed by atoms with Gasteiger partial charge >= 0.3 is 0 Å². The van der Waals surface area contributed by atoms with Crippen LogP contribution in [0.15, 0.2) is 40.8 Å². The molecule has 1 aliphatic heterocycles. The maximum atomic E-state index is 13.0. The first kappa shape index (κ1) is 20.4. The SMILES string of the molecule is CC(C)(C)c1ncc(C(=O)N2CCC[C@@H](c3nc(-c4cccs4)cc(=O)[nH]3)C2)cn1. The molecule has 156 valence electrons. The molecule has 1 atom stereocenters. The molecule has 8 heteroatoms. The smallest absolute Gasteiger partial charge is 0.257 e. The molecule has 0 aromatic carbocycles. The number of H-pyrrole nitrogens is 1. The number of carbonyl (C=O) groups excluding carboxylic acids is 1.